The van der Waals surface area contributed by atoms with Crippen molar-refractivity contribution in [2.45, 2.75) is 50.8 Å². The van der Waals surface area contributed by atoms with Gasteiger partial charge in [-0.2, -0.15) is 8.78 Å². The second-order valence-electron chi connectivity index (χ2n) is 10.2. The number of benzene rings is 1. The molecule has 0 radical (unpaired) electrons. The van der Waals surface area contributed by atoms with Crippen molar-refractivity contribution in [3.8, 4) is 5.75 Å². The summed E-state index contributed by atoms with van der Waals surface area (Å²) < 4.78 is 37.1. The highest BCUT2D eigenvalue weighted by Crippen LogP contribution is 2.36. The third-order valence-electron chi connectivity index (χ3n) is 7.40. The molecule has 1 saturated heterocycles. The van der Waals surface area contributed by atoms with E-state index in [4.69, 9.17) is 21.1 Å². The van der Waals surface area contributed by atoms with Crippen molar-refractivity contribution in [3.63, 3.8) is 0 Å². The number of nitrogens with one attached hydrogen (secondary N) is 2. The van der Waals surface area contributed by atoms with Crippen LogP contribution < -0.4 is 20.3 Å². The molecule has 13 heteroatoms. The van der Waals surface area contributed by atoms with Crippen molar-refractivity contribution >= 4 is 52.0 Å². The van der Waals surface area contributed by atoms with Crippen LogP contribution in [-0.2, 0) is 14.3 Å². The number of halogens is 3. The molecule has 2 aliphatic carbocycles. The van der Waals surface area contributed by atoms with Gasteiger partial charge in [-0.1, -0.05) is 18.0 Å². The summed E-state index contributed by atoms with van der Waals surface area (Å²) in [5.41, 5.74) is 0.418. The van der Waals surface area contributed by atoms with E-state index >= 15 is 0 Å². The summed E-state index contributed by atoms with van der Waals surface area (Å²) in [6, 6.07) is 7.07. The standard InChI is InChI=1S/C27H31ClF2N4O5S/c28-23-9-8-22(40-23)26(37)31-13-20(34(14-16-4-5-16)17-2-1-3-17)25(36)32-19-7-6-18(12-21(19)39-27(29)30)33-10-11-38-15-24(33)35/h6-9,12,16-17,20,27H,1-5,10-11,13-15H2,(H,31,37)(H,32,36)/t20-/m0/s1. The molecule has 1 aromatic heterocycles. The molecule has 2 N–H and O–H groups in total. The van der Waals surface area contributed by atoms with Crippen LogP contribution in [0, 0.1) is 5.92 Å². The summed E-state index contributed by atoms with van der Waals surface area (Å²) >= 11 is 7.13. The van der Waals surface area contributed by atoms with E-state index in [9.17, 15) is 23.2 Å². The lowest BCUT2D eigenvalue weighted by atomic mass is 9.89. The Balaban J connectivity index is 1.37. The highest BCUT2D eigenvalue weighted by molar-refractivity contribution is 7.18. The second kappa shape index (κ2) is 12.8. The maximum absolute atomic E-state index is 13.8. The zero-order chi connectivity index (χ0) is 28.2. The third-order valence-corrected chi connectivity index (χ3v) is 8.63. The van der Waals surface area contributed by atoms with Gasteiger partial charge in [-0.05, 0) is 55.9 Å². The SMILES string of the molecule is O=C(NC[C@@H](C(=O)Nc1ccc(N2CCOCC2=O)cc1OC(F)F)N(CC1CC1)C1CCC1)c1ccc(Cl)s1. The molecular formula is C27H31ClF2N4O5S. The molecule has 40 heavy (non-hydrogen) atoms. The maximum Gasteiger partial charge on any atom is 0.387 e. The van der Waals surface area contributed by atoms with Gasteiger partial charge in [0.05, 0.1) is 21.5 Å². The first-order chi connectivity index (χ1) is 19.3. The zero-order valence-corrected chi connectivity index (χ0v) is 23.3. The molecule has 2 heterocycles. The number of rotatable bonds is 12. The van der Waals surface area contributed by atoms with Crippen LogP contribution in [0.4, 0.5) is 20.2 Å². The molecule has 3 aliphatic rings. The minimum Gasteiger partial charge on any atom is -0.433 e. The number of hydrogen-bond donors (Lipinski definition) is 2. The van der Waals surface area contributed by atoms with E-state index in [1.807, 2.05) is 0 Å². The van der Waals surface area contributed by atoms with Gasteiger partial charge in [0, 0.05) is 37.4 Å². The van der Waals surface area contributed by atoms with Crippen LogP contribution in [0.2, 0.25) is 4.34 Å². The van der Waals surface area contributed by atoms with Crippen molar-refractivity contribution < 1.29 is 32.6 Å². The molecule has 216 valence electrons. The van der Waals surface area contributed by atoms with Gasteiger partial charge in [0.25, 0.3) is 11.8 Å². The maximum atomic E-state index is 13.8. The molecule has 2 saturated carbocycles. The lowest BCUT2D eigenvalue weighted by molar-refractivity contribution is -0.125. The van der Waals surface area contributed by atoms with E-state index in [0.717, 1.165) is 50.0 Å². The lowest BCUT2D eigenvalue weighted by Gasteiger charge is -2.42. The molecule has 2 aromatic rings. The minimum atomic E-state index is -3.14. The number of hydrogen-bond acceptors (Lipinski definition) is 7. The Morgan fingerprint density at radius 1 is 1.20 bits per heavy atom. The number of carbonyl (C=O) groups excluding carboxylic acids is 3. The van der Waals surface area contributed by atoms with Crippen molar-refractivity contribution in [1.82, 2.24) is 10.2 Å². The first kappa shape index (κ1) is 28.7. The van der Waals surface area contributed by atoms with Crippen LogP contribution in [-0.4, -0.2) is 74.2 Å². The number of alkyl halides is 2. The van der Waals surface area contributed by atoms with E-state index in [0.29, 0.717) is 27.4 Å². The van der Waals surface area contributed by atoms with Gasteiger partial charge in [0.1, 0.15) is 12.6 Å². The summed E-state index contributed by atoms with van der Waals surface area (Å²) in [4.78, 5) is 42.9. The molecule has 5 rings (SSSR count). The first-order valence-corrected chi connectivity index (χ1v) is 14.5. The van der Waals surface area contributed by atoms with Crippen molar-refractivity contribution in [1.29, 1.82) is 0 Å². The normalized spacial score (nSPS) is 18.5. The van der Waals surface area contributed by atoms with E-state index in [2.05, 4.69) is 15.5 Å². The topological polar surface area (TPSA) is 100 Å². The second-order valence-corrected chi connectivity index (χ2v) is 11.9. The molecule has 1 aliphatic heterocycles. The van der Waals surface area contributed by atoms with Crippen LogP contribution in [0.3, 0.4) is 0 Å². The summed E-state index contributed by atoms with van der Waals surface area (Å²) in [5, 5.41) is 5.63. The Hall–Kier alpha value is -2.80. The van der Waals surface area contributed by atoms with E-state index < -0.39 is 18.6 Å². The predicted octanol–water partition coefficient (Wildman–Crippen LogP) is 4.37. The smallest absolute Gasteiger partial charge is 0.387 e. The Morgan fingerprint density at radius 3 is 2.62 bits per heavy atom. The third kappa shape index (κ3) is 7.09. The Kier molecular flexibility index (Phi) is 9.19. The predicted molar refractivity (Wildman–Crippen MR) is 147 cm³/mol. The number of morpholine rings is 1. The van der Waals surface area contributed by atoms with Gasteiger partial charge in [0.2, 0.25) is 5.91 Å². The fraction of sp³-hybridized carbons (Fsp3) is 0.519. The van der Waals surface area contributed by atoms with Crippen LogP contribution in [0.15, 0.2) is 30.3 Å². The molecule has 1 aromatic carbocycles. The van der Waals surface area contributed by atoms with Crippen molar-refractivity contribution in [2.24, 2.45) is 5.92 Å². The zero-order valence-electron chi connectivity index (χ0n) is 21.7. The molecule has 9 nitrogen and oxygen atoms in total. The number of ether oxygens (including phenoxy) is 2. The quantitative estimate of drug-likeness (QED) is 0.378. The molecule has 1 atom stereocenters. The number of amides is 3. The number of nitrogens with zero attached hydrogens (tertiary/aromatic N) is 2. The molecule has 0 bridgehead atoms. The highest BCUT2D eigenvalue weighted by Gasteiger charge is 2.38. The minimum absolute atomic E-state index is 0.0365. The van der Waals surface area contributed by atoms with Crippen LogP contribution in [0.25, 0.3) is 0 Å². The molecule has 0 spiro atoms. The molecular weight excluding hydrogens is 566 g/mol. The summed E-state index contributed by atoms with van der Waals surface area (Å²) in [6.07, 6.45) is 5.14. The Bertz CT molecular complexity index is 1240. The van der Waals surface area contributed by atoms with Crippen molar-refractivity contribution in [2.75, 3.05) is 43.1 Å². The summed E-state index contributed by atoms with van der Waals surface area (Å²) in [7, 11) is 0. The van der Waals surface area contributed by atoms with Gasteiger partial charge in [-0.15, -0.1) is 11.3 Å². The molecule has 3 amide bonds. The van der Waals surface area contributed by atoms with Crippen LogP contribution >= 0.6 is 22.9 Å². The fourth-order valence-corrected chi connectivity index (χ4v) is 5.86. The summed E-state index contributed by atoms with van der Waals surface area (Å²) in [6.45, 7) is -1.89. The van der Waals surface area contributed by atoms with Gasteiger partial charge < -0.3 is 25.0 Å². The van der Waals surface area contributed by atoms with Crippen molar-refractivity contribution in [3.05, 3.63) is 39.5 Å². The van der Waals surface area contributed by atoms with E-state index in [1.165, 1.54) is 17.0 Å². The fourth-order valence-electron chi connectivity index (χ4n) is 4.90. The Labute approximate surface area is 239 Å². The molecule has 3 fully saturated rings. The largest absolute Gasteiger partial charge is 0.433 e. The Morgan fingerprint density at radius 2 is 2.00 bits per heavy atom. The highest BCUT2D eigenvalue weighted by atomic mass is 35.5. The van der Waals surface area contributed by atoms with E-state index in [1.54, 1.807) is 18.2 Å². The van der Waals surface area contributed by atoms with Gasteiger partial charge in [0.15, 0.2) is 5.75 Å². The average Bonchev–Trinajstić information content (AvgIpc) is 3.60. The number of thiophene rings is 1. The molecule has 0 unspecified atom stereocenters. The van der Waals surface area contributed by atoms with Gasteiger partial charge >= 0.3 is 6.61 Å². The number of carbonyl (C=O) groups is 3. The summed E-state index contributed by atoms with van der Waals surface area (Å²) in [5.74, 6) is -0.841. The monoisotopic (exact) mass is 596 g/mol. The average molecular weight is 597 g/mol. The van der Waals surface area contributed by atoms with Gasteiger partial charge in [-0.25, -0.2) is 0 Å². The number of anilines is 2. The van der Waals surface area contributed by atoms with Gasteiger partial charge in [-0.3, -0.25) is 19.3 Å². The van der Waals surface area contributed by atoms with Crippen LogP contribution in [0.5, 0.6) is 5.75 Å². The first-order valence-electron chi connectivity index (χ1n) is 13.4. The lowest BCUT2D eigenvalue weighted by Crippen LogP contribution is -2.56. The van der Waals surface area contributed by atoms with E-state index in [-0.39, 0.29) is 49.0 Å². The van der Waals surface area contributed by atoms with Crippen LogP contribution in [0.1, 0.15) is 41.8 Å².